The first kappa shape index (κ1) is 15.4. The Morgan fingerprint density at radius 1 is 1.13 bits per heavy atom. The van der Waals surface area contributed by atoms with E-state index in [1.165, 1.54) is 9.80 Å². The number of piperazine rings is 1. The quantitative estimate of drug-likeness (QED) is 0.855. The minimum absolute atomic E-state index is 0.186. The molecule has 2 aliphatic rings. The molecule has 2 fully saturated rings. The van der Waals surface area contributed by atoms with Gasteiger partial charge in [0.2, 0.25) is 0 Å². The number of hydrogen-bond acceptors (Lipinski definition) is 5. The van der Waals surface area contributed by atoms with Gasteiger partial charge in [0.15, 0.2) is 0 Å². The second-order valence-electron chi connectivity index (χ2n) is 5.57. The van der Waals surface area contributed by atoms with E-state index in [1.807, 2.05) is 24.3 Å². The van der Waals surface area contributed by atoms with Crippen molar-refractivity contribution in [3.8, 4) is 0 Å². The Kier molecular flexibility index (Phi) is 4.24. The highest BCUT2D eigenvalue weighted by Gasteiger charge is 2.31. The summed E-state index contributed by atoms with van der Waals surface area (Å²) in [5.41, 5.74) is 1.71. The maximum absolute atomic E-state index is 11.8. The van der Waals surface area contributed by atoms with Crippen molar-refractivity contribution in [1.82, 2.24) is 4.90 Å². The highest BCUT2D eigenvalue weighted by molar-refractivity contribution is 5.90. The average molecular weight is 321 g/mol. The Hall–Kier alpha value is -2.48. The van der Waals surface area contributed by atoms with Gasteiger partial charge in [-0.2, -0.15) is 0 Å². The Morgan fingerprint density at radius 2 is 1.74 bits per heavy atom. The normalized spacial score (nSPS) is 21.5. The number of benzene rings is 1. The minimum atomic E-state index is -0.883. The summed E-state index contributed by atoms with van der Waals surface area (Å²) in [6.45, 7) is 2.40. The van der Waals surface area contributed by atoms with Crippen molar-refractivity contribution in [2.45, 2.75) is 6.10 Å². The zero-order chi connectivity index (χ0) is 16.4. The summed E-state index contributed by atoms with van der Waals surface area (Å²) in [7, 11) is 0. The molecule has 2 amide bonds. The fraction of sp³-hybridized carbons (Fsp3) is 0.467. The minimum Gasteiger partial charge on any atom is -0.465 e. The Balaban J connectivity index is 1.64. The van der Waals surface area contributed by atoms with E-state index in [-0.39, 0.29) is 6.61 Å². The number of aliphatic hydroxyl groups excluding tert-OH is 1. The summed E-state index contributed by atoms with van der Waals surface area (Å²) in [4.78, 5) is 27.7. The number of cyclic esters (lactones) is 1. The highest BCUT2D eigenvalue weighted by Crippen LogP contribution is 2.25. The summed E-state index contributed by atoms with van der Waals surface area (Å²) in [5.74, 6) is 0. The molecule has 0 bridgehead atoms. The van der Waals surface area contributed by atoms with E-state index in [1.54, 1.807) is 0 Å². The summed E-state index contributed by atoms with van der Waals surface area (Å²) < 4.78 is 5.02. The lowest BCUT2D eigenvalue weighted by atomic mass is 10.2. The van der Waals surface area contributed by atoms with Crippen LogP contribution in [0.1, 0.15) is 0 Å². The molecule has 3 rings (SSSR count). The third kappa shape index (κ3) is 3.16. The van der Waals surface area contributed by atoms with Gasteiger partial charge in [-0.25, -0.2) is 9.59 Å². The van der Waals surface area contributed by atoms with Crippen molar-refractivity contribution >= 4 is 23.6 Å². The molecule has 2 heterocycles. The number of carbonyl (C=O) groups is 2. The predicted octanol–water partition coefficient (Wildman–Crippen LogP) is 0.804. The molecule has 0 saturated carbocycles. The standard InChI is InChI=1S/C15H19N3O5/c19-10-13-9-18(15(22)23-13)12-3-1-11(2-4-12)16-5-7-17(8-6-16)14(20)21/h1-4,13,19H,5-10H2,(H,20,21)/t13-/m1/s1. The number of carboxylic acid groups (broad SMARTS) is 1. The molecule has 8 nitrogen and oxygen atoms in total. The molecule has 1 aromatic rings. The molecule has 124 valence electrons. The van der Waals surface area contributed by atoms with Gasteiger partial charge in [0.05, 0.1) is 13.2 Å². The van der Waals surface area contributed by atoms with Crippen molar-refractivity contribution in [2.24, 2.45) is 0 Å². The summed E-state index contributed by atoms with van der Waals surface area (Å²) >= 11 is 0. The van der Waals surface area contributed by atoms with Crippen LogP contribution < -0.4 is 9.80 Å². The SMILES string of the molecule is O=C(O)N1CCN(c2ccc(N3C[C@H](CO)OC3=O)cc2)CC1. The molecule has 1 atom stereocenters. The van der Waals surface area contributed by atoms with E-state index in [4.69, 9.17) is 14.9 Å². The lowest BCUT2D eigenvalue weighted by molar-refractivity contribution is 0.0963. The van der Waals surface area contributed by atoms with Gasteiger partial charge in [0.1, 0.15) is 6.10 Å². The predicted molar refractivity (Wildman–Crippen MR) is 83.0 cm³/mol. The van der Waals surface area contributed by atoms with E-state index in [0.29, 0.717) is 32.7 Å². The molecule has 0 aromatic heterocycles. The summed E-state index contributed by atoms with van der Waals surface area (Å²) in [6.07, 6.45) is -1.82. The molecule has 0 spiro atoms. The van der Waals surface area contributed by atoms with E-state index >= 15 is 0 Å². The van der Waals surface area contributed by atoms with Crippen molar-refractivity contribution in [2.75, 3.05) is 49.1 Å². The monoisotopic (exact) mass is 321 g/mol. The topological polar surface area (TPSA) is 93.6 Å². The molecule has 2 N–H and O–H groups in total. The number of ether oxygens (including phenoxy) is 1. The lowest BCUT2D eigenvalue weighted by Gasteiger charge is -2.34. The van der Waals surface area contributed by atoms with Gasteiger partial charge >= 0.3 is 12.2 Å². The molecule has 2 aliphatic heterocycles. The number of anilines is 2. The van der Waals surface area contributed by atoms with Crippen LogP contribution in [0.15, 0.2) is 24.3 Å². The molecular weight excluding hydrogens is 302 g/mol. The molecule has 0 radical (unpaired) electrons. The van der Waals surface area contributed by atoms with Gasteiger partial charge in [0.25, 0.3) is 0 Å². The maximum atomic E-state index is 11.8. The first-order chi connectivity index (χ1) is 11.1. The van der Waals surface area contributed by atoms with Crippen LogP contribution in [-0.2, 0) is 4.74 Å². The highest BCUT2D eigenvalue weighted by atomic mass is 16.6. The third-order valence-electron chi connectivity index (χ3n) is 4.15. The van der Waals surface area contributed by atoms with Crippen molar-refractivity contribution in [3.05, 3.63) is 24.3 Å². The van der Waals surface area contributed by atoms with E-state index in [9.17, 15) is 9.59 Å². The third-order valence-corrected chi connectivity index (χ3v) is 4.15. The summed E-state index contributed by atoms with van der Waals surface area (Å²) in [6, 6.07) is 7.48. The van der Waals surface area contributed by atoms with Crippen LogP contribution in [0.5, 0.6) is 0 Å². The van der Waals surface area contributed by atoms with Crippen LogP contribution in [0.3, 0.4) is 0 Å². The largest absolute Gasteiger partial charge is 0.465 e. The second kappa shape index (κ2) is 6.33. The number of nitrogens with zero attached hydrogens (tertiary/aromatic N) is 3. The van der Waals surface area contributed by atoms with Gasteiger partial charge in [-0.15, -0.1) is 0 Å². The van der Waals surface area contributed by atoms with Crippen LogP contribution in [0.2, 0.25) is 0 Å². The number of carbonyl (C=O) groups excluding carboxylic acids is 1. The van der Waals surface area contributed by atoms with Crippen LogP contribution in [0.25, 0.3) is 0 Å². The molecule has 0 aliphatic carbocycles. The molecule has 2 saturated heterocycles. The van der Waals surface area contributed by atoms with Gasteiger partial charge in [-0.05, 0) is 24.3 Å². The van der Waals surface area contributed by atoms with Crippen molar-refractivity contribution < 1.29 is 24.5 Å². The zero-order valence-electron chi connectivity index (χ0n) is 12.6. The Morgan fingerprint density at radius 3 is 2.26 bits per heavy atom. The van der Waals surface area contributed by atoms with E-state index in [2.05, 4.69) is 4.90 Å². The Bertz CT molecular complexity index is 583. The fourth-order valence-corrected chi connectivity index (χ4v) is 2.83. The van der Waals surface area contributed by atoms with E-state index in [0.717, 1.165) is 11.4 Å². The summed E-state index contributed by atoms with van der Waals surface area (Å²) in [5, 5.41) is 18.0. The molecule has 1 aromatic carbocycles. The first-order valence-electron chi connectivity index (χ1n) is 7.50. The number of amides is 2. The van der Waals surface area contributed by atoms with Crippen molar-refractivity contribution in [1.29, 1.82) is 0 Å². The second-order valence-corrected chi connectivity index (χ2v) is 5.57. The van der Waals surface area contributed by atoms with Crippen molar-refractivity contribution in [3.63, 3.8) is 0 Å². The molecule has 8 heteroatoms. The van der Waals surface area contributed by atoms with Gasteiger partial charge < -0.3 is 24.7 Å². The van der Waals surface area contributed by atoms with Crippen LogP contribution in [0, 0.1) is 0 Å². The van der Waals surface area contributed by atoms with Crippen LogP contribution >= 0.6 is 0 Å². The van der Waals surface area contributed by atoms with Crippen LogP contribution in [-0.4, -0.2) is 72.7 Å². The van der Waals surface area contributed by atoms with Gasteiger partial charge in [-0.3, -0.25) is 4.90 Å². The molecule has 23 heavy (non-hydrogen) atoms. The average Bonchev–Trinajstić information content (AvgIpc) is 2.96. The fourth-order valence-electron chi connectivity index (χ4n) is 2.83. The lowest BCUT2D eigenvalue weighted by Crippen LogP contribution is -2.48. The smallest absolute Gasteiger partial charge is 0.414 e. The molecule has 0 unspecified atom stereocenters. The number of aliphatic hydroxyl groups is 1. The Labute approximate surface area is 133 Å². The van der Waals surface area contributed by atoms with Crippen LogP contribution in [0.4, 0.5) is 21.0 Å². The number of hydrogen-bond donors (Lipinski definition) is 2. The number of rotatable bonds is 3. The first-order valence-corrected chi connectivity index (χ1v) is 7.50. The molecular formula is C15H19N3O5. The maximum Gasteiger partial charge on any atom is 0.414 e. The van der Waals surface area contributed by atoms with Gasteiger partial charge in [-0.1, -0.05) is 0 Å². The van der Waals surface area contributed by atoms with Gasteiger partial charge in [0, 0.05) is 37.6 Å². The van der Waals surface area contributed by atoms with E-state index < -0.39 is 18.3 Å². The zero-order valence-corrected chi connectivity index (χ0v) is 12.6.